The molecule has 2 amide bonds. The van der Waals surface area contributed by atoms with Crippen LogP contribution in [0.5, 0.6) is 5.75 Å². The van der Waals surface area contributed by atoms with E-state index >= 15 is 0 Å². The molecule has 1 fully saturated rings. The molecule has 2 heterocycles. The maximum atomic E-state index is 12.3. The maximum Gasteiger partial charge on any atom is 0.407 e. The van der Waals surface area contributed by atoms with Gasteiger partial charge >= 0.3 is 6.09 Å². The Bertz CT molecular complexity index is 723. The van der Waals surface area contributed by atoms with Crippen LogP contribution in [0, 0.1) is 0 Å². The molecule has 2 aliphatic rings. The van der Waals surface area contributed by atoms with E-state index in [9.17, 15) is 14.4 Å². The van der Waals surface area contributed by atoms with Crippen LogP contribution in [0.3, 0.4) is 0 Å². The summed E-state index contributed by atoms with van der Waals surface area (Å²) in [5.74, 6) is 0.615. The van der Waals surface area contributed by atoms with Crippen LogP contribution in [0.15, 0.2) is 18.2 Å². The average molecular weight is 346 g/mol. The molecule has 1 aromatic carbocycles. The number of ether oxygens (including phenoxy) is 2. The lowest BCUT2D eigenvalue weighted by Gasteiger charge is -2.23. The fourth-order valence-electron chi connectivity index (χ4n) is 2.96. The van der Waals surface area contributed by atoms with E-state index in [1.807, 2.05) is 0 Å². The van der Waals surface area contributed by atoms with Gasteiger partial charge in [-0.1, -0.05) is 0 Å². The van der Waals surface area contributed by atoms with E-state index < -0.39 is 11.7 Å². The van der Waals surface area contributed by atoms with E-state index in [0.29, 0.717) is 24.4 Å². The Labute approximate surface area is 146 Å². The summed E-state index contributed by atoms with van der Waals surface area (Å²) in [5, 5.41) is 2.73. The van der Waals surface area contributed by atoms with Crippen LogP contribution in [-0.2, 0) is 20.7 Å². The van der Waals surface area contributed by atoms with E-state index in [-0.39, 0.29) is 30.8 Å². The van der Waals surface area contributed by atoms with Gasteiger partial charge in [0, 0.05) is 30.6 Å². The summed E-state index contributed by atoms with van der Waals surface area (Å²) in [6, 6.07) is 5.07. The normalized spacial score (nSPS) is 20.1. The molecule has 1 aromatic rings. The standard InChI is InChI=1S/C18H22N2O5/c1-18(2,3)25-17(23)19-12-8-16(22)20(9-12)13-4-5-15-11(6-13)7-14(21)10-24-15/h4-6,12H,7-10H2,1-3H3,(H,19,23). The second-order valence-electron chi connectivity index (χ2n) is 7.35. The van der Waals surface area contributed by atoms with Gasteiger partial charge in [0.15, 0.2) is 5.78 Å². The highest BCUT2D eigenvalue weighted by Crippen LogP contribution is 2.30. The number of ketones is 1. The summed E-state index contributed by atoms with van der Waals surface area (Å²) >= 11 is 0. The third kappa shape index (κ3) is 4.10. The first kappa shape index (κ1) is 17.3. The van der Waals surface area contributed by atoms with Gasteiger partial charge in [-0.2, -0.15) is 0 Å². The molecule has 0 bridgehead atoms. The SMILES string of the molecule is CC(C)(C)OC(=O)NC1CC(=O)N(c2ccc3c(c2)CC(=O)CO3)C1. The molecule has 1 atom stereocenters. The number of anilines is 1. The van der Waals surface area contributed by atoms with Crippen molar-refractivity contribution < 1.29 is 23.9 Å². The topological polar surface area (TPSA) is 84.9 Å². The highest BCUT2D eigenvalue weighted by molar-refractivity contribution is 5.97. The molecule has 0 saturated carbocycles. The molecule has 0 aromatic heterocycles. The molecule has 0 spiro atoms. The second-order valence-corrected chi connectivity index (χ2v) is 7.35. The zero-order valence-electron chi connectivity index (χ0n) is 14.6. The highest BCUT2D eigenvalue weighted by Gasteiger charge is 2.33. The molecule has 7 nitrogen and oxygen atoms in total. The van der Waals surface area contributed by atoms with Gasteiger partial charge in [0.05, 0.1) is 6.04 Å². The molecular formula is C18H22N2O5. The quantitative estimate of drug-likeness (QED) is 0.883. The predicted octanol–water partition coefficient (Wildman–Crippen LogP) is 1.82. The third-order valence-corrected chi connectivity index (χ3v) is 3.98. The van der Waals surface area contributed by atoms with Crippen LogP contribution >= 0.6 is 0 Å². The Morgan fingerprint density at radius 1 is 1.32 bits per heavy atom. The number of nitrogens with one attached hydrogen (secondary N) is 1. The van der Waals surface area contributed by atoms with Gasteiger partial charge in [-0.3, -0.25) is 9.59 Å². The number of carbonyl (C=O) groups is 3. The van der Waals surface area contributed by atoms with E-state index in [1.165, 1.54) is 0 Å². The van der Waals surface area contributed by atoms with Crippen molar-refractivity contribution in [2.45, 2.75) is 45.3 Å². The molecule has 0 aliphatic carbocycles. The summed E-state index contributed by atoms with van der Waals surface area (Å²) in [6.07, 6.45) is -0.00658. The Morgan fingerprint density at radius 2 is 2.08 bits per heavy atom. The van der Waals surface area contributed by atoms with Gasteiger partial charge in [0.25, 0.3) is 0 Å². The molecular weight excluding hydrogens is 324 g/mol. The van der Waals surface area contributed by atoms with Crippen LogP contribution in [-0.4, -0.2) is 42.6 Å². The van der Waals surface area contributed by atoms with Crippen molar-refractivity contribution in [1.82, 2.24) is 5.32 Å². The van der Waals surface area contributed by atoms with Gasteiger partial charge in [0.2, 0.25) is 5.91 Å². The van der Waals surface area contributed by atoms with E-state index in [0.717, 1.165) is 5.56 Å². The summed E-state index contributed by atoms with van der Waals surface area (Å²) in [6.45, 7) is 5.82. The number of hydrogen-bond donors (Lipinski definition) is 1. The smallest absolute Gasteiger partial charge is 0.407 e. The van der Waals surface area contributed by atoms with Crippen molar-refractivity contribution in [1.29, 1.82) is 0 Å². The lowest BCUT2D eigenvalue weighted by Crippen LogP contribution is -2.40. The largest absolute Gasteiger partial charge is 0.486 e. The number of carbonyl (C=O) groups excluding carboxylic acids is 3. The van der Waals surface area contributed by atoms with Crippen molar-refractivity contribution >= 4 is 23.5 Å². The highest BCUT2D eigenvalue weighted by atomic mass is 16.6. The van der Waals surface area contributed by atoms with Crippen molar-refractivity contribution in [3.05, 3.63) is 23.8 Å². The van der Waals surface area contributed by atoms with Crippen molar-refractivity contribution in [3.63, 3.8) is 0 Å². The fraction of sp³-hybridized carbons (Fsp3) is 0.500. The maximum absolute atomic E-state index is 12.3. The molecule has 1 N–H and O–H groups in total. The minimum atomic E-state index is -0.586. The summed E-state index contributed by atoms with van der Waals surface area (Å²) in [7, 11) is 0. The number of hydrogen-bond acceptors (Lipinski definition) is 5. The van der Waals surface area contributed by atoms with Crippen LogP contribution in [0.4, 0.5) is 10.5 Å². The van der Waals surface area contributed by atoms with E-state index in [4.69, 9.17) is 9.47 Å². The summed E-state index contributed by atoms with van der Waals surface area (Å²) in [4.78, 5) is 37.4. The van der Waals surface area contributed by atoms with Gasteiger partial charge in [-0.25, -0.2) is 4.79 Å². The van der Waals surface area contributed by atoms with Crippen LogP contribution < -0.4 is 15.0 Å². The van der Waals surface area contributed by atoms with Gasteiger partial charge in [-0.05, 0) is 39.0 Å². The minimum Gasteiger partial charge on any atom is -0.486 e. The molecule has 1 saturated heterocycles. The number of benzene rings is 1. The molecule has 134 valence electrons. The first-order chi connectivity index (χ1) is 11.7. The molecule has 0 radical (unpaired) electrons. The lowest BCUT2D eigenvalue weighted by molar-refractivity contribution is -0.121. The van der Waals surface area contributed by atoms with E-state index in [1.54, 1.807) is 43.9 Å². The molecule has 25 heavy (non-hydrogen) atoms. The first-order valence-corrected chi connectivity index (χ1v) is 8.28. The molecule has 3 rings (SSSR count). The first-order valence-electron chi connectivity index (χ1n) is 8.28. The third-order valence-electron chi connectivity index (χ3n) is 3.98. The monoisotopic (exact) mass is 346 g/mol. The van der Waals surface area contributed by atoms with Crippen molar-refractivity contribution in [2.24, 2.45) is 0 Å². The Hall–Kier alpha value is -2.57. The van der Waals surface area contributed by atoms with Crippen molar-refractivity contribution in [2.75, 3.05) is 18.1 Å². The van der Waals surface area contributed by atoms with Crippen LogP contribution in [0.2, 0.25) is 0 Å². The van der Waals surface area contributed by atoms with Crippen LogP contribution in [0.1, 0.15) is 32.8 Å². The Morgan fingerprint density at radius 3 is 2.80 bits per heavy atom. The molecule has 1 unspecified atom stereocenters. The molecule has 2 aliphatic heterocycles. The lowest BCUT2D eigenvalue weighted by atomic mass is 10.0. The number of alkyl carbamates (subject to hydrolysis) is 1. The fourth-order valence-corrected chi connectivity index (χ4v) is 2.96. The summed E-state index contributed by atoms with van der Waals surface area (Å²) in [5.41, 5.74) is 0.901. The second kappa shape index (κ2) is 6.38. The number of amides is 2. The van der Waals surface area contributed by atoms with Crippen LogP contribution in [0.25, 0.3) is 0 Å². The number of nitrogens with zero attached hydrogens (tertiary/aromatic N) is 1. The Kier molecular flexibility index (Phi) is 4.41. The van der Waals surface area contributed by atoms with Gasteiger partial charge in [0.1, 0.15) is 18.0 Å². The zero-order valence-corrected chi connectivity index (χ0v) is 14.6. The Balaban J connectivity index is 1.68. The zero-order chi connectivity index (χ0) is 18.2. The number of fused-ring (bicyclic) bond motifs is 1. The van der Waals surface area contributed by atoms with E-state index in [2.05, 4.69) is 5.32 Å². The van der Waals surface area contributed by atoms with Crippen molar-refractivity contribution in [3.8, 4) is 5.75 Å². The van der Waals surface area contributed by atoms with Gasteiger partial charge in [-0.15, -0.1) is 0 Å². The number of rotatable bonds is 2. The molecule has 7 heteroatoms. The number of Topliss-reactive ketones (excluding diaryl/α,β-unsaturated/α-hetero) is 1. The predicted molar refractivity (Wildman–Crippen MR) is 90.8 cm³/mol. The minimum absolute atomic E-state index is 0.0156. The average Bonchev–Trinajstić information content (AvgIpc) is 2.84. The van der Waals surface area contributed by atoms with Gasteiger partial charge < -0.3 is 19.7 Å². The summed E-state index contributed by atoms with van der Waals surface area (Å²) < 4.78 is 10.6.